The Morgan fingerprint density at radius 1 is 1.16 bits per heavy atom. The van der Waals surface area contributed by atoms with E-state index in [-0.39, 0.29) is 10.8 Å². The van der Waals surface area contributed by atoms with E-state index in [9.17, 15) is 13.2 Å². The Morgan fingerprint density at radius 3 is 2.48 bits per heavy atom. The number of benzene rings is 1. The van der Waals surface area contributed by atoms with Gasteiger partial charge in [0.2, 0.25) is 15.9 Å². The minimum absolute atomic E-state index is 0.178. The van der Waals surface area contributed by atoms with Crippen molar-refractivity contribution in [3.63, 3.8) is 0 Å². The smallest absolute Gasteiger partial charge is 0.247 e. The Hall–Kier alpha value is -1.90. The van der Waals surface area contributed by atoms with Gasteiger partial charge in [0.05, 0.1) is 29.5 Å². The fraction of sp³-hybridized carbons (Fsp3) is 0.471. The molecule has 3 rings (SSSR count). The zero-order valence-corrected chi connectivity index (χ0v) is 14.9. The summed E-state index contributed by atoms with van der Waals surface area (Å²) in [7, 11) is -3.61. The zero-order valence-electron chi connectivity index (χ0n) is 14.1. The average Bonchev–Trinajstić information content (AvgIpc) is 3.16. The molecule has 0 unspecified atom stereocenters. The fourth-order valence-electron chi connectivity index (χ4n) is 3.13. The van der Waals surface area contributed by atoms with E-state index >= 15 is 0 Å². The van der Waals surface area contributed by atoms with Crippen LogP contribution in [0.25, 0.3) is 0 Å². The maximum absolute atomic E-state index is 12.9. The number of carbonyl (C=O) groups is 1. The minimum Gasteiger partial charge on any atom is -0.379 e. The van der Waals surface area contributed by atoms with Gasteiger partial charge < -0.3 is 15.0 Å². The van der Waals surface area contributed by atoms with Gasteiger partial charge in [-0.3, -0.25) is 4.79 Å². The molecule has 2 saturated heterocycles. The van der Waals surface area contributed by atoms with Crippen molar-refractivity contribution in [3.8, 4) is 0 Å². The van der Waals surface area contributed by atoms with Crippen LogP contribution in [-0.2, 0) is 19.6 Å². The van der Waals surface area contributed by atoms with Gasteiger partial charge in [-0.15, -0.1) is 0 Å². The largest absolute Gasteiger partial charge is 0.379 e. The van der Waals surface area contributed by atoms with Gasteiger partial charge in [0.25, 0.3) is 0 Å². The highest BCUT2D eigenvalue weighted by Gasteiger charge is 2.28. The van der Waals surface area contributed by atoms with Crippen LogP contribution in [0.2, 0.25) is 0 Å². The third-order valence-corrected chi connectivity index (χ3v) is 6.36. The van der Waals surface area contributed by atoms with Crippen LogP contribution in [0.1, 0.15) is 12.8 Å². The number of hydrogen-bond donors (Lipinski definition) is 1. The van der Waals surface area contributed by atoms with Gasteiger partial charge in [-0.25, -0.2) is 8.42 Å². The predicted molar refractivity (Wildman–Crippen MR) is 96.3 cm³/mol. The summed E-state index contributed by atoms with van der Waals surface area (Å²) in [4.78, 5) is 14.1. The maximum Gasteiger partial charge on any atom is 0.247 e. The molecule has 0 spiro atoms. The number of anilines is 2. The molecule has 136 valence electrons. The highest BCUT2D eigenvalue weighted by Crippen LogP contribution is 2.32. The Balaban J connectivity index is 1.96. The Bertz CT molecular complexity index is 751. The van der Waals surface area contributed by atoms with Crippen molar-refractivity contribution in [2.24, 2.45) is 0 Å². The zero-order chi connectivity index (χ0) is 17.9. The van der Waals surface area contributed by atoms with E-state index in [1.54, 1.807) is 18.2 Å². The topological polar surface area (TPSA) is 79.0 Å². The molecule has 2 fully saturated rings. The predicted octanol–water partition coefficient (Wildman–Crippen LogP) is 1.43. The van der Waals surface area contributed by atoms with Gasteiger partial charge in [0, 0.05) is 26.2 Å². The quantitative estimate of drug-likeness (QED) is 0.799. The van der Waals surface area contributed by atoms with Gasteiger partial charge in [-0.05, 0) is 37.1 Å². The minimum atomic E-state index is -3.61. The number of morpholine rings is 1. The molecule has 2 aliphatic heterocycles. The third-order valence-electron chi connectivity index (χ3n) is 4.47. The van der Waals surface area contributed by atoms with E-state index in [4.69, 9.17) is 4.74 Å². The second-order valence-corrected chi connectivity index (χ2v) is 8.02. The Labute approximate surface area is 148 Å². The average molecular weight is 365 g/mol. The van der Waals surface area contributed by atoms with E-state index in [1.807, 2.05) is 0 Å². The highest BCUT2D eigenvalue weighted by atomic mass is 32.2. The first-order chi connectivity index (χ1) is 12.0. The number of amides is 1. The second-order valence-electron chi connectivity index (χ2n) is 6.08. The fourth-order valence-corrected chi connectivity index (χ4v) is 4.56. The van der Waals surface area contributed by atoms with Crippen molar-refractivity contribution in [1.29, 1.82) is 0 Å². The van der Waals surface area contributed by atoms with Crippen LogP contribution in [0.3, 0.4) is 0 Å². The molecule has 0 aromatic heterocycles. The molecule has 0 saturated carbocycles. The Kier molecular flexibility index (Phi) is 5.41. The summed E-state index contributed by atoms with van der Waals surface area (Å²) in [6.07, 6.45) is 3.35. The van der Waals surface area contributed by atoms with Crippen molar-refractivity contribution >= 4 is 27.3 Å². The van der Waals surface area contributed by atoms with Crippen LogP contribution in [0, 0.1) is 0 Å². The molecule has 0 atom stereocenters. The number of carbonyl (C=O) groups excluding carboxylic acids is 1. The molecule has 2 aliphatic rings. The molecule has 1 aromatic rings. The maximum atomic E-state index is 12.9. The third kappa shape index (κ3) is 3.86. The summed E-state index contributed by atoms with van der Waals surface area (Å²) in [6, 6.07) is 4.93. The van der Waals surface area contributed by atoms with E-state index in [1.165, 1.54) is 10.4 Å². The number of hydrogen-bond acceptors (Lipinski definition) is 5. The molecule has 25 heavy (non-hydrogen) atoms. The van der Waals surface area contributed by atoms with Crippen LogP contribution in [-0.4, -0.2) is 58.0 Å². The molecule has 0 bridgehead atoms. The van der Waals surface area contributed by atoms with Crippen LogP contribution in [0.5, 0.6) is 0 Å². The van der Waals surface area contributed by atoms with Gasteiger partial charge in [0.15, 0.2) is 0 Å². The van der Waals surface area contributed by atoms with Gasteiger partial charge in [-0.1, -0.05) is 6.58 Å². The first-order valence-electron chi connectivity index (χ1n) is 8.42. The summed E-state index contributed by atoms with van der Waals surface area (Å²) >= 11 is 0. The molecule has 1 aromatic carbocycles. The molecule has 8 heteroatoms. The molecule has 2 heterocycles. The monoisotopic (exact) mass is 365 g/mol. The molecule has 0 aliphatic carbocycles. The summed E-state index contributed by atoms with van der Waals surface area (Å²) in [6.45, 7) is 6.72. The van der Waals surface area contributed by atoms with Crippen LogP contribution < -0.4 is 10.2 Å². The van der Waals surface area contributed by atoms with Gasteiger partial charge in [0.1, 0.15) is 0 Å². The standard InChI is InChI=1S/C17H23N3O4S/c1-2-17(21)18-15-13-14(5-6-16(15)19-7-3-4-8-19)25(22,23)20-9-11-24-12-10-20/h2,5-6,13H,1,3-4,7-12H2,(H,18,21). The number of rotatable bonds is 5. The van der Waals surface area contributed by atoms with Crippen LogP contribution in [0.15, 0.2) is 35.7 Å². The summed E-state index contributed by atoms with van der Waals surface area (Å²) < 4.78 is 32.3. The first-order valence-corrected chi connectivity index (χ1v) is 9.87. The molecule has 0 radical (unpaired) electrons. The van der Waals surface area contributed by atoms with E-state index in [0.29, 0.717) is 32.0 Å². The summed E-state index contributed by atoms with van der Waals surface area (Å²) in [5, 5.41) is 2.75. The summed E-state index contributed by atoms with van der Waals surface area (Å²) in [5.41, 5.74) is 1.34. The number of nitrogens with zero attached hydrogens (tertiary/aromatic N) is 2. The van der Waals surface area contributed by atoms with Crippen molar-refractivity contribution in [3.05, 3.63) is 30.9 Å². The first kappa shape index (κ1) is 17.9. The molecule has 1 amide bonds. The van der Waals surface area contributed by atoms with Gasteiger partial charge >= 0.3 is 0 Å². The lowest BCUT2D eigenvalue weighted by Crippen LogP contribution is -2.40. The molecular weight excluding hydrogens is 342 g/mol. The van der Waals surface area contributed by atoms with Gasteiger partial charge in [-0.2, -0.15) is 4.31 Å². The Morgan fingerprint density at radius 2 is 1.84 bits per heavy atom. The van der Waals surface area contributed by atoms with Crippen molar-refractivity contribution in [2.75, 3.05) is 49.6 Å². The lowest BCUT2D eigenvalue weighted by atomic mass is 10.2. The van der Waals surface area contributed by atoms with E-state index < -0.39 is 10.0 Å². The normalized spacial score (nSPS) is 19.0. The SMILES string of the molecule is C=CC(=O)Nc1cc(S(=O)(=O)N2CCOCC2)ccc1N1CCCC1. The second kappa shape index (κ2) is 7.55. The lowest BCUT2D eigenvalue weighted by Gasteiger charge is -2.27. The van der Waals surface area contributed by atoms with Crippen molar-refractivity contribution in [1.82, 2.24) is 4.31 Å². The van der Waals surface area contributed by atoms with Crippen molar-refractivity contribution in [2.45, 2.75) is 17.7 Å². The van der Waals surface area contributed by atoms with Crippen LogP contribution in [0.4, 0.5) is 11.4 Å². The lowest BCUT2D eigenvalue weighted by molar-refractivity contribution is -0.111. The van der Waals surface area contributed by atoms with E-state index in [0.717, 1.165) is 31.6 Å². The van der Waals surface area contributed by atoms with Crippen molar-refractivity contribution < 1.29 is 17.9 Å². The molecule has 7 nitrogen and oxygen atoms in total. The van der Waals surface area contributed by atoms with Crippen LogP contribution >= 0.6 is 0 Å². The number of ether oxygens (including phenoxy) is 1. The molecule has 1 N–H and O–H groups in total. The summed E-state index contributed by atoms with van der Waals surface area (Å²) in [5.74, 6) is -0.360. The molecular formula is C17H23N3O4S. The van der Waals surface area contributed by atoms with E-state index in [2.05, 4.69) is 16.8 Å². The highest BCUT2D eigenvalue weighted by molar-refractivity contribution is 7.89. The number of nitrogens with one attached hydrogen (secondary N) is 1. The number of sulfonamides is 1.